The standard InChI is InChI=1S/C19H24FNO4S/c1-18(2)13-7-8-19(18)11-26(24,25)21(16(19)10-13)17(23)15(22)9-12-3-5-14(20)6-4-12/h3-6,13,15-16,22H,7-11H2,1-2H3/t13-,15-,16-,19-/m1/s1. The lowest BCUT2D eigenvalue weighted by molar-refractivity contribution is -0.137. The molecule has 5 nitrogen and oxygen atoms in total. The van der Waals surface area contributed by atoms with Gasteiger partial charge in [-0.05, 0) is 48.3 Å². The van der Waals surface area contributed by atoms with Crippen molar-refractivity contribution in [3.05, 3.63) is 35.6 Å². The highest BCUT2D eigenvalue weighted by atomic mass is 32.2. The van der Waals surface area contributed by atoms with Crippen LogP contribution in [0.5, 0.6) is 0 Å². The average Bonchev–Trinajstić information content (AvgIpc) is 3.03. The Morgan fingerprint density at radius 2 is 2.00 bits per heavy atom. The van der Waals surface area contributed by atoms with Crippen LogP contribution in [0.3, 0.4) is 0 Å². The summed E-state index contributed by atoms with van der Waals surface area (Å²) in [5.74, 6) is -0.752. The predicted octanol–water partition coefficient (Wildman–Crippen LogP) is 2.10. The summed E-state index contributed by atoms with van der Waals surface area (Å²) in [6, 6.07) is 5.15. The number of benzene rings is 1. The molecule has 1 aliphatic heterocycles. The number of sulfonamides is 1. The van der Waals surface area contributed by atoms with Gasteiger partial charge in [-0.25, -0.2) is 17.1 Å². The molecule has 3 fully saturated rings. The van der Waals surface area contributed by atoms with Crippen LogP contribution < -0.4 is 0 Å². The lowest BCUT2D eigenvalue weighted by atomic mass is 9.69. The smallest absolute Gasteiger partial charge is 0.265 e. The first-order valence-electron chi connectivity index (χ1n) is 9.07. The van der Waals surface area contributed by atoms with Gasteiger partial charge in [0.15, 0.2) is 0 Å². The van der Waals surface area contributed by atoms with E-state index in [-0.39, 0.29) is 23.6 Å². The van der Waals surface area contributed by atoms with Gasteiger partial charge in [0.2, 0.25) is 10.0 Å². The zero-order valence-corrected chi connectivity index (χ0v) is 15.8. The largest absolute Gasteiger partial charge is 0.383 e. The molecule has 4 atom stereocenters. The van der Waals surface area contributed by atoms with E-state index in [1.165, 1.54) is 24.3 Å². The van der Waals surface area contributed by atoms with Crippen molar-refractivity contribution in [3.63, 3.8) is 0 Å². The number of carbonyl (C=O) groups excluding carboxylic acids is 1. The van der Waals surface area contributed by atoms with Crippen LogP contribution in [0.1, 0.15) is 38.7 Å². The van der Waals surface area contributed by atoms with Gasteiger partial charge in [0.25, 0.3) is 5.91 Å². The minimum Gasteiger partial charge on any atom is -0.383 e. The molecule has 0 unspecified atom stereocenters. The Hall–Kier alpha value is -1.47. The second kappa shape index (κ2) is 5.52. The zero-order chi connectivity index (χ0) is 18.9. The number of fused-ring (bicyclic) bond motifs is 1. The van der Waals surface area contributed by atoms with E-state index in [1.54, 1.807) is 0 Å². The summed E-state index contributed by atoms with van der Waals surface area (Å²) >= 11 is 0. The van der Waals surface area contributed by atoms with Crippen LogP contribution in [0, 0.1) is 22.6 Å². The summed E-state index contributed by atoms with van der Waals surface area (Å²) in [7, 11) is -3.74. The Morgan fingerprint density at radius 3 is 2.62 bits per heavy atom. The Bertz CT molecular complexity index is 851. The topological polar surface area (TPSA) is 74.7 Å². The molecule has 1 aromatic rings. The molecular weight excluding hydrogens is 357 g/mol. The minimum absolute atomic E-state index is 0.0107. The van der Waals surface area contributed by atoms with Gasteiger partial charge >= 0.3 is 0 Å². The maximum atomic E-state index is 13.0. The minimum atomic E-state index is -3.74. The Balaban J connectivity index is 1.61. The number of hydrogen-bond acceptors (Lipinski definition) is 4. The van der Waals surface area contributed by atoms with Gasteiger partial charge in [-0.3, -0.25) is 4.79 Å². The van der Waals surface area contributed by atoms with Crippen LogP contribution in [0.15, 0.2) is 24.3 Å². The van der Waals surface area contributed by atoms with Gasteiger partial charge in [0.05, 0.1) is 11.8 Å². The molecule has 4 rings (SSSR count). The van der Waals surface area contributed by atoms with Gasteiger partial charge in [-0.1, -0.05) is 26.0 Å². The third-order valence-electron chi connectivity index (χ3n) is 7.26. The maximum Gasteiger partial charge on any atom is 0.265 e. The van der Waals surface area contributed by atoms with Gasteiger partial charge < -0.3 is 5.11 Å². The van der Waals surface area contributed by atoms with E-state index in [4.69, 9.17) is 0 Å². The summed E-state index contributed by atoms with van der Waals surface area (Å²) in [5.41, 5.74) is 0.0653. The van der Waals surface area contributed by atoms with Crippen molar-refractivity contribution >= 4 is 15.9 Å². The van der Waals surface area contributed by atoms with Gasteiger partial charge in [0, 0.05) is 11.8 Å². The van der Waals surface area contributed by atoms with Crippen molar-refractivity contribution < 1.29 is 22.7 Å². The number of nitrogens with zero attached hydrogens (tertiary/aromatic N) is 1. The first-order valence-corrected chi connectivity index (χ1v) is 10.7. The fourth-order valence-electron chi connectivity index (χ4n) is 5.66. The number of carbonyl (C=O) groups is 1. The predicted molar refractivity (Wildman–Crippen MR) is 94.1 cm³/mol. The molecule has 2 saturated carbocycles. The number of halogens is 1. The summed E-state index contributed by atoms with van der Waals surface area (Å²) in [6.45, 7) is 4.23. The molecule has 1 spiro atoms. The normalized spacial score (nSPS) is 34.7. The third kappa shape index (κ3) is 2.29. The SMILES string of the molecule is CC1(C)[C@@H]2CC[C@]13CS(=O)(=O)N(C(=O)[C@H](O)Cc1ccc(F)cc1)[C@@H]3C2. The number of hydrogen-bond donors (Lipinski definition) is 1. The van der Waals surface area contributed by atoms with Crippen molar-refractivity contribution in [1.29, 1.82) is 0 Å². The van der Waals surface area contributed by atoms with Gasteiger partial charge in [-0.2, -0.15) is 0 Å². The van der Waals surface area contributed by atoms with Crippen LogP contribution in [0.2, 0.25) is 0 Å². The highest BCUT2D eigenvalue weighted by Crippen LogP contribution is 2.70. The first-order chi connectivity index (χ1) is 12.1. The van der Waals surface area contributed by atoms with Crippen molar-refractivity contribution in [2.24, 2.45) is 16.7 Å². The first kappa shape index (κ1) is 17.9. The zero-order valence-electron chi connectivity index (χ0n) is 15.0. The maximum absolute atomic E-state index is 13.0. The van der Waals surface area contributed by atoms with E-state index in [0.29, 0.717) is 17.9 Å². The van der Waals surface area contributed by atoms with Crippen LogP contribution in [-0.4, -0.2) is 41.6 Å². The van der Waals surface area contributed by atoms with E-state index in [2.05, 4.69) is 13.8 Å². The summed E-state index contributed by atoms with van der Waals surface area (Å²) in [6.07, 6.45) is 1.01. The van der Waals surface area contributed by atoms with Crippen LogP contribution >= 0.6 is 0 Å². The third-order valence-corrected chi connectivity index (χ3v) is 9.17. The van der Waals surface area contributed by atoms with Crippen LogP contribution in [0.4, 0.5) is 4.39 Å². The highest BCUT2D eigenvalue weighted by Gasteiger charge is 2.72. The number of amides is 1. The Labute approximate surface area is 153 Å². The molecule has 142 valence electrons. The molecule has 26 heavy (non-hydrogen) atoms. The van der Waals surface area contributed by atoms with Gasteiger partial charge in [-0.15, -0.1) is 0 Å². The molecule has 3 aliphatic rings. The molecule has 0 aromatic heterocycles. The van der Waals surface area contributed by atoms with Crippen molar-refractivity contribution in [3.8, 4) is 0 Å². The Kier molecular flexibility index (Phi) is 3.80. The van der Waals surface area contributed by atoms with E-state index in [1.807, 2.05) is 0 Å². The Morgan fingerprint density at radius 1 is 1.35 bits per heavy atom. The van der Waals surface area contributed by atoms with Crippen molar-refractivity contribution in [2.45, 2.75) is 51.7 Å². The van der Waals surface area contributed by atoms with Crippen molar-refractivity contribution in [2.75, 3.05) is 5.75 Å². The highest BCUT2D eigenvalue weighted by molar-refractivity contribution is 7.90. The fourth-order valence-corrected chi connectivity index (χ4v) is 8.23. The number of rotatable bonds is 3. The van der Waals surface area contributed by atoms with E-state index >= 15 is 0 Å². The quantitative estimate of drug-likeness (QED) is 0.870. The van der Waals surface area contributed by atoms with E-state index < -0.39 is 33.3 Å². The molecule has 7 heteroatoms. The molecule has 1 heterocycles. The summed E-state index contributed by atoms with van der Waals surface area (Å²) in [5, 5.41) is 10.4. The molecule has 0 radical (unpaired) electrons. The molecule has 2 bridgehead atoms. The van der Waals surface area contributed by atoms with E-state index in [9.17, 15) is 22.7 Å². The molecule has 1 N–H and O–H groups in total. The lowest BCUT2D eigenvalue weighted by Gasteiger charge is -2.37. The average molecular weight is 381 g/mol. The summed E-state index contributed by atoms with van der Waals surface area (Å²) < 4.78 is 39.7. The number of aliphatic hydroxyl groups excluding tert-OH is 1. The van der Waals surface area contributed by atoms with E-state index in [0.717, 1.165) is 17.1 Å². The second-order valence-corrected chi connectivity index (χ2v) is 10.4. The lowest BCUT2D eigenvalue weighted by Crippen LogP contribution is -2.48. The molecule has 1 saturated heterocycles. The second-order valence-electron chi connectivity index (χ2n) is 8.60. The molecule has 1 aromatic carbocycles. The summed E-state index contributed by atoms with van der Waals surface area (Å²) in [4.78, 5) is 12.9. The van der Waals surface area contributed by atoms with Crippen LogP contribution in [0.25, 0.3) is 0 Å². The van der Waals surface area contributed by atoms with Crippen molar-refractivity contribution in [1.82, 2.24) is 4.31 Å². The molecular formula is C19H24FNO4S. The fraction of sp³-hybridized carbons (Fsp3) is 0.632. The number of aliphatic hydroxyl groups is 1. The molecule has 1 amide bonds. The monoisotopic (exact) mass is 381 g/mol. The molecule has 2 aliphatic carbocycles. The van der Waals surface area contributed by atoms with Crippen LogP contribution in [-0.2, 0) is 21.2 Å². The van der Waals surface area contributed by atoms with Gasteiger partial charge in [0.1, 0.15) is 11.9 Å².